The lowest BCUT2D eigenvalue weighted by Gasteiger charge is -2.24. The molecular formula is C8H11N2OS. The van der Waals surface area contributed by atoms with E-state index in [4.69, 9.17) is 10.3 Å². The lowest BCUT2D eigenvalue weighted by molar-refractivity contribution is 0.0776. The highest BCUT2D eigenvalue weighted by Gasteiger charge is 2.25. The second-order valence-electron chi connectivity index (χ2n) is 2.53. The predicted molar refractivity (Wildman–Crippen MR) is 49.4 cm³/mol. The fraction of sp³-hybridized carbons (Fsp3) is 0.500. The van der Waals surface area contributed by atoms with Gasteiger partial charge in [0.1, 0.15) is 0 Å². The molecule has 1 aliphatic rings. The lowest BCUT2D eigenvalue weighted by atomic mass is 10.2. The zero-order valence-corrected chi connectivity index (χ0v) is 7.97. The molecule has 0 amide bonds. The summed E-state index contributed by atoms with van der Waals surface area (Å²) < 4.78 is 5.38. The van der Waals surface area contributed by atoms with E-state index in [2.05, 4.69) is 5.11 Å². The van der Waals surface area contributed by atoms with E-state index in [1.54, 1.807) is 24.8 Å². The van der Waals surface area contributed by atoms with Crippen LogP contribution in [0.2, 0.25) is 0 Å². The Morgan fingerprint density at radius 1 is 1.75 bits per heavy atom. The van der Waals surface area contributed by atoms with Crippen LogP contribution in [0.1, 0.15) is 13.8 Å². The van der Waals surface area contributed by atoms with Crippen molar-refractivity contribution < 1.29 is 4.74 Å². The summed E-state index contributed by atoms with van der Waals surface area (Å²) in [6, 6.07) is 0. The molecule has 65 valence electrons. The molecule has 1 atom stereocenters. The average molecular weight is 183 g/mol. The zero-order valence-electron chi connectivity index (χ0n) is 7.15. The molecule has 0 spiro atoms. The number of hydrogen-bond acceptors (Lipinski definition) is 3. The second-order valence-corrected chi connectivity index (χ2v) is 3.80. The van der Waals surface area contributed by atoms with Crippen LogP contribution in [-0.2, 0) is 4.74 Å². The zero-order chi connectivity index (χ0) is 9.03. The number of rotatable bonds is 3. The van der Waals surface area contributed by atoms with Crippen LogP contribution in [0, 0.1) is 0 Å². The van der Waals surface area contributed by atoms with Crippen molar-refractivity contribution in [3.63, 3.8) is 0 Å². The number of nitrogens with zero attached hydrogens (tertiary/aromatic N) is 2. The molecule has 3 nitrogen and oxygen atoms in total. The molecular weight excluding hydrogens is 172 g/mol. The Morgan fingerprint density at radius 2 is 2.50 bits per heavy atom. The third-order valence-corrected chi connectivity index (χ3v) is 2.22. The largest absolute Gasteiger partial charge is 0.455 e. The Morgan fingerprint density at radius 3 is 3.08 bits per heavy atom. The molecule has 1 radical (unpaired) electrons. The molecule has 0 aliphatic carbocycles. The van der Waals surface area contributed by atoms with Gasteiger partial charge in [-0.2, -0.15) is 0 Å². The molecule has 4 heteroatoms. The first kappa shape index (κ1) is 9.32. The Labute approximate surface area is 76.4 Å². The molecule has 0 N–H and O–H groups in total. The standard InChI is InChI=1S/C8H11N2OS/c1-3-12-7-5-4-6-8(2,10-9)11-7/h4-6H,3H2,1-2H3. The van der Waals surface area contributed by atoms with E-state index in [9.17, 15) is 0 Å². The summed E-state index contributed by atoms with van der Waals surface area (Å²) in [5, 5.41) is 3.94. The Balaban J connectivity index is 2.66. The minimum Gasteiger partial charge on any atom is -0.455 e. The predicted octanol–water partition coefficient (Wildman–Crippen LogP) is 2.14. The fourth-order valence-electron chi connectivity index (χ4n) is 0.850. The Kier molecular flexibility index (Phi) is 2.92. The summed E-state index contributed by atoms with van der Waals surface area (Å²) in [6.45, 7) is 3.74. The maximum absolute atomic E-state index is 8.65. The van der Waals surface area contributed by atoms with Crippen LogP contribution in [-0.4, -0.2) is 11.5 Å². The van der Waals surface area contributed by atoms with Crippen LogP contribution < -0.4 is 5.53 Å². The second kappa shape index (κ2) is 3.76. The molecule has 12 heavy (non-hydrogen) atoms. The van der Waals surface area contributed by atoms with Crippen LogP contribution in [0.4, 0.5) is 0 Å². The van der Waals surface area contributed by atoms with Crippen LogP contribution >= 0.6 is 11.8 Å². The fourth-order valence-corrected chi connectivity index (χ4v) is 1.54. The Hall–Kier alpha value is -0.770. The summed E-state index contributed by atoms with van der Waals surface area (Å²) >= 11 is 1.59. The van der Waals surface area contributed by atoms with E-state index < -0.39 is 5.72 Å². The van der Waals surface area contributed by atoms with E-state index >= 15 is 0 Å². The van der Waals surface area contributed by atoms with E-state index in [1.807, 2.05) is 19.1 Å². The van der Waals surface area contributed by atoms with Crippen molar-refractivity contribution in [3.05, 3.63) is 23.3 Å². The number of allylic oxidation sites excluding steroid dienone is 2. The maximum Gasteiger partial charge on any atom is 0.238 e. The highest BCUT2D eigenvalue weighted by atomic mass is 32.2. The van der Waals surface area contributed by atoms with Crippen LogP contribution in [0.5, 0.6) is 0 Å². The maximum atomic E-state index is 8.65. The van der Waals surface area contributed by atoms with E-state index in [-0.39, 0.29) is 0 Å². The normalized spacial score (nSPS) is 27.7. The summed E-state index contributed by atoms with van der Waals surface area (Å²) in [5.41, 5.74) is 7.75. The highest BCUT2D eigenvalue weighted by molar-refractivity contribution is 8.02. The number of thioether (sulfide) groups is 1. The lowest BCUT2D eigenvalue weighted by Crippen LogP contribution is -2.23. The van der Waals surface area contributed by atoms with Gasteiger partial charge in [0.25, 0.3) is 0 Å². The molecule has 0 bridgehead atoms. The summed E-state index contributed by atoms with van der Waals surface area (Å²) in [6.07, 6.45) is 5.40. The first-order chi connectivity index (χ1) is 5.70. The van der Waals surface area contributed by atoms with E-state index in [0.717, 1.165) is 10.8 Å². The molecule has 1 unspecified atom stereocenters. The van der Waals surface area contributed by atoms with Gasteiger partial charge in [-0.25, -0.2) is 0 Å². The van der Waals surface area contributed by atoms with Gasteiger partial charge in [0.05, 0.1) is 0 Å². The van der Waals surface area contributed by atoms with Crippen LogP contribution in [0.15, 0.2) is 28.4 Å². The quantitative estimate of drug-likeness (QED) is 0.629. The molecule has 1 aliphatic heterocycles. The van der Waals surface area contributed by atoms with Crippen molar-refractivity contribution in [1.29, 1.82) is 0 Å². The van der Waals surface area contributed by atoms with Gasteiger partial charge in [0, 0.05) is 6.92 Å². The van der Waals surface area contributed by atoms with Crippen LogP contribution in [0.25, 0.3) is 0 Å². The van der Waals surface area contributed by atoms with Gasteiger partial charge < -0.3 is 4.74 Å². The van der Waals surface area contributed by atoms with Crippen molar-refractivity contribution in [3.8, 4) is 0 Å². The molecule has 0 saturated heterocycles. The molecule has 0 aromatic carbocycles. The summed E-state index contributed by atoms with van der Waals surface area (Å²) in [7, 11) is 0. The van der Waals surface area contributed by atoms with E-state index in [0.29, 0.717) is 0 Å². The molecule has 0 saturated carbocycles. The van der Waals surface area contributed by atoms with Crippen molar-refractivity contribution in [2.45, 2.75) is 19.6 Å². The topological polar surface area (TPSA) is 43.9 Å². The third kappa shape index (κ3) is 2.11. The Bertz CT molecular complexity index is 237. The van der Waals surface area contributed by atoms with Gasteiger partial charge in [-0.1, -0.05) is 24.8 Å². The van der Waals surface area contributed by atoms with Gasteiger partial charge in [-0.15, -0.1) is 5.11 Å². The van der Waals surface area contributed by atoms with Crippen molar-refractivity contribution in [2.24, 2.45) is 5.11 Å². The first-order valence-electron chi connectivity index (χ1n) is 3.78. The first-order valence-corrected chi connectivity index (χ1v) is 4.76. The minimum absolute atomic E-state index is 0.792. The van der Waals surface area contributed by atoms with Crippen molar-refractivity contribution >= 4 is 11.8 Å². The summed E-state index contributed by atoms with van der Waals surface area (Å²) in [5.74, 6) is 0.946. The molecule has 0 aromatic heterocycles. The monoisotopic (exact) mass is 183 g/mol. The number of hydrogen-bond donors (Lipinski definition) is 0. The SMILES string of the molecule is CCSC1=CC=CC(C)(N=[N])O1. The number of ether oxygens (including phenoxy) is 1. The van der Waals surface area contributed by atoms with Gasteiger partial charge in [-0.3, -0.25) is 0 Å². The van der Waals surface area contributed by atoms with Gasteiger partial charge >= 0.3 is 0 Å². The smallest absolute Gasteiger partial charge is 0.238 e. The van der Waals surface area contributed by atoms with Gasteiger partial charge in [0.15, 0.2) is 5.09 Å². The van der Waals surface area contributed by atoms with Gasteiger partial charge in [-0.05, 0) is 23.4 Å². The third-order valence-electron chi connectivity index (χ3n) is 1.43. The van der Waals surface area contributed by atoms with Crippen molar-refractivity contribution in [2.75, 3.05) is 5.75 Å². The summed E-state index contributed by atoms with van der Waals surface area (Å²) in [4.78, 5) is 0. The van der Waals surface area contributed by atoms with Gasteiger partial charge in [0.2, 0.25) is 5.72 Å². The molecule has 1 rings (SSSR count). The molecule has 0 fully saturated rings. The highest BCUT2D eigenvalue weighted by Crippen LogP contribution is 2.28. The molecule has 0 aromatic rings. The van der Waals surface area contributed by atoms with Crippen LogP contribution in [0.3, 0.4) is 0 Å². The van der Waals surface area contributed by atoms with E-state index in [1.165, 1.54) is 0 Å². The minimum atomic E-state index is -0.897. The molecule has 1 heterocycles. The average Bonchev–Trinajstić information content (AvgIpc) is 2.05. The van der Waals surface area contributed by atoms with Crippen molar-refractivity contribution in [1.82, 2.24) is 5.53 Å².